The van der Waals surface area contributed by atoms with E-state index >= 15 is 0 Å². The van der Waals surface area contributed by atoms with E-state index in [0.29, 0.717) is 0 Å². The molecule has 2 aliphatic rings. The van der Waals surface area contributed by atoms with Crippen LogP contribution in [0.25, 0.3) is 5.57 Å². The van der Waals surface area contributed by atoms with Gasteiger partial charge in [0.1, 0.15) is 5.84 Å². The first kappa shape index (κ1) is 18.7. The summed E-state index contributed by atoms with van der Waals surface area (Å²) >= 11 is 9.71. The molecule has 2 aromatic carbocycles. The molecule has 0 amide bonds. The molecule has 0 aliphatic carbocycles. The monoisotopic (exact) mass is 443 g/mol. The number of rotatable bonds is 2. The third-order valence-electron chi connectivity index (χ3n) is 5.31. The van der Waals surface area contributed by atoms with Gasteiger partial charge in [0.2, 0.25) is 0 Å². The minimum atomic E-state index is 0.759. The van der Waals surface area contributed by atoms with Crippen molar-refractivity contribution >= 4 is 44.6 Å². The maximum atomic E-state index is 6.12. The fourth-order valence-electron chi connectivity index (χ4n) is 3.70. The van der Waals surface area contributed by atoms with Crippen LogP contribution in [0, 0.1) is 0 Å². The predicted octanol–water partition coefficient (Wildman–Crippen LogP) is 5.41. The maximum absolute atomic E-state index is 6.12. The summed E-state index contributed by atoms with van der Waals surface area (Å²) in [4.78, 5) is 10.1. The molecule has 27 heavy (non-hydrogen) atoms. The van der Waals surface area contributed by atoms with Crippen LogP contribution >= 0.6 is 27.5 Å². The molecule has 0 bridgehead atoms. The van der Waals surface area contributed by atoms with Crippen molar-refractivity contribution in [2.24, 2.45) is 4.99 Å². The third-order valence-corrected chi connectivity index (χ3v) is 6.05. The molecule has 2 aromatic rings. The Balaban J connectivity index is 1.75. The van der Waals surface area contributed by atoms with E-state index in [9.17, 15) is 0 Å². The summed E-state index contributed by atoms with van der Waals surface area (Å²) < 4.78 is 1.10. The molecule has 4 rings (SSSR count). The van der Waals surface area contributed by atoms with Crippen LogP contribution in [0.5, 0.6) is 0 Å². The highest BCUT2D eigenvalue weighted by Crippen LogP contribution is 2.32. The van der Waals surface area contributed by atoms with Crippen molar-refractivity contribution < 1.29 is 0 Å². The highest BCUT2D eigenvalue weighted by Gasteiger charge is 2.24. The molecule has 0 aromatic heterocycles. The van der Waals surface area contributed by atoms with E-state index in [0.717, 1.165) is 60.2 Å². The summed E-state index contributed by atoms with van der Waals surface area (Å²) in [5.74, 6) is 1.08. The van der Waals surface area contributed by atoms with Gasteiger partial charge < -0.3 is 9.80 Å². The highest BCUT2D eigenvalue weighted by atomic mass is 79.9. The van der Waals surface area contributed by atoms with Crippen molar-refractivity contribution in [2.75, 3.05) is 32.7 Å². The quantitative estimate of drug-likeness (QED) is 0.617. The molecule has 3 nitrogen and oxygen atoms in total. The van der Waals surface area contributed by atoms with Gasteiger partial charge in [0, 0.05) is 41.2 Å². The lowest BCUT2D eigenvalue weighted by atomic mass is 10.0. The average Bonchev–Trinajstić information content (AvgIpc) is 2.88. The smallest absolute Gasteiger partial charge is 0.136 e. The van der Waals surface area contributed by atoms with Crippen molar-refractivity contribution in [3.8, 4) is 0 Å². The molecule has 0 saturated carbocycles. The van der Waals surface area contributed by atoms with Crippen LogP contribution in [-0.4, -0.2) is 48.4 Å². The van der Waals surface area contributed by atoms with Gasteiger partial charge >= 0.3 is 0 Å². The number of piperazine rings is 1. The summed E-state index contributed by atoms with van der Waals surface area (Å²) in [6.45, 7) is 7.50. The van der Waals surface area contributed by atoms with Gasteiger partial charge in [0.15, 0.2) is 0 Å². The fourth-order valence-corrected chi connectivity index (χ4v) is 4.23. The molecular formula is C22H23BrClN3. The summed E-state index contributed by atoms with van der Waals surface area (Å²) in [5.41, 5.74) is 4.68. The number of allylic oxidation sites excluding steroid dienone is 1. The largest absolute Gasteiger partial charge is 0.354 e. The summed E-state index contributed by atoms with van der Waals surface area (Å²) in [6.07, 6.45) is 3.18. The van der Waals surface area contributed by atoms with Gasteiger partial charge in [-0.1, -0.05) is 52.7 Å². The van der Waals surface area contributed by atoms with Crippen LogP contribution in [0.1, 0.15) is 18.1 Å². The molecule has 0 unspecified atom stereocenters. The number of aliphatic imine (C=N–C) groups is 1. The lowest BCUT2D eigenvalue weighted by Crippen LogP contribution is -2.48. The standard InChI is InChI=1S/C22H23BrClN3/c1-2-26-11-13-27(14-12-26)22-20(16-3-7-19(24)8-4-16)9-5-17-15-18(23)6-10-21(17)25-22/h3-4,6-10,15H,2,5,11-14H2,1H3. The van der Waals surface area contributed by atoms with E-state index in [1.165, 1.54) is 16.7 Å². The zero-order valence-corrected chi connectivity index (χ0v) is 17.8. The maximum Gasteiger partial charge on any atom is 0.136 e. The minimum Gasteiger partial charge on any atom is -0.354 e. The Morgan fingerprint density at radius 2 is 1.78 bits per heavy atom. The molecule has 5 heteroatoms. The number of amidine groups is 1. The van der Waals surface area contributed by atoms with Crippen LogP contribution in [0.2, 0.25) is 5.02 Å². The van der Waals surface area contributed by atoms with Gasteiger partial charge in [-0.25, -0.2) is 4.99 Å². The zero-order chi connectivity index (χ0) is 18.8. The van der Waals surface area contributed by atoms with E-state index in [4.69, 9.17) is 16.6 Å². The molecule has 1 fully saturated rings. The topological polar surface area (TPSA) is 18.8 Å². The van der Waals surface area contributed by atoms with Crippen molar-refractivity contribution in [1.29, 1.82) is 0 Å². The summed E-state index contributed by atoms with van der Waals surface area (Å²) in [7, 11) is 0. The molecule has 0 N–H and O–H groups in total. The van der Waals surface area contributed by atoms with E-state index < -0.39 is 0 Å². The average molecular weight is 445 g/mol. The van der Waals surface area contributed by atoms with Crippen LogP contribution in [0.15, 0.2) is 58.0 Å². The van der Waals surface area contributed by atoms with Gasteiger partial charge in [0.25, 0.3) is 0 Å². The zero-order valence-electron chi connectivity index (χ0n) is 15.5. The Labute approximate surface area is 174 Å². The Morgan fingerprint density at radius 3 is 2.48 bits per heavy atom. The number of hydrogen-bond donors (Lipinski definition) is 0. The minimum absolute atomic E-state index is 0.759. The lowest BCUT2D eigenvalue weighted by molar-refractivity contribution is 0.191. The van der Waals surface area contributed by atoms with E-state index in [1.807, 2.05) is 12.1 Å². The lowest BCUT2D eigenvalue weighted by Gasteiger charge is -2.36. The second kappa shape index (κ2) is 8.17. The van der Waals surface area contributed by atoms with Gasteiger partial charge in [0.05, 0.1) is 5.69 Å². The van der Waals surface area contributed by atoms with E-state index in [2.05, 4.69) is 69.1 Å². The van der Waals surface area contributed by atoms with E-state index in [1.54, 1.807) is 0 Å². The normalized spacial score (nSPS) is 17.8. The van der Waals surface area contributed by atoms with Gasteiger partial charge in [-0.05, 0) is 54.4 Å². The van der Waals surface area contributed by atoms with Crippen molar-refractivity contribution in [1.82, 2.24) is 9.80 Å². The number of benzene rings is 2. The highest BCUT2D eigenvalue weighted by molar-refractivity contribution is 9.10. The third kappa shape index (κ3) is 4.13. The van der Waals surface area contributed by atoms with E-state index in [-0.39, 0.29) is 0 Å². The van der Waals surface area contributed by atoms with Crippen LogP contribution in [0.4, 0.5) is 5.69 Å². The molecule has 0 radical (unpaired) electrons. The SMILES string of the molecule is CCN1CCN(C2=Nc3ccc(Br)cc3CC=C2c2ccc(Cl)cc2)CC1. The van der Waals surface area contributed by atoms with Crippen LogP contribution in [-0.2, 0) is 6.42 Å². The molecular weight excluding hydrogens is 422 g/mol. The van der Waals surface area contributed by atoms with Crippen molar-refractivity contribution in [2.45, 2.75) is 13.3 Å². The number of fused-ring (bicyclic) bond motifs is 1. The second-order valence-electron chi connectivity index (χ2n) is 6.96. The molecule has 2 heterocycles. The van der Waals surface area contributed by atoms with Crippen molar-refractivity contribution in [3.05, 3.63) is 69.2 Å². The number of nitrogens with zero attached hydrogens (tertiary/aromatic N) is 3. The first-order valence-corrected chi connectivity index (χ1v) is 10.6. The molecule has 2 aliphatic heterocycles. The first-order valence-electron chi connectivity index (χ1n) is 9.45. The fraction of sp³-hybridized carbons (Fsp3) is 0.318. The molecule has 1 saturated heterocycles. The van der Waals surface area contributed by atoms with Crippen molar-refractivity contribution in [3.63, 3.8) is 0 Å². The number of hydrogen-bond acceptors (Lipinski definition) is 3. The van der Waals surface area contributed by atoms with Crippen LogP contribution in [0.3, 0.4) is 0 Å². The number of likely N-dealkylation sites (N-methyl/N-ethyl adjacent to an activating group) is 1. The molecule has 0 spiro atoms. The molecule has 140 valence electrons. The Hall–Kier alpha value is -1.62. The second-order valence-corrected chi connectivity index (χ2v) is 8.31. The first-order chi connectivity index (χ1) is 13.1. The van der Waals surface area contributed by atoms with Gasteiger partial charge in [-0.3, -0.25) is 0 Å². The van der Waals surface area contributed by atoms with Crippen LogP contribution < -0.4 is 0 Å². The Bertz CT molecular complexity index is 881. The summed E-state index contributed by atoms with van der Waals surface area (Å²) in [5, 5.41) is 0.759. The Morgan fingerprint density at radius 1 is 1.04 bits per heavy atom. The van der Waals surface area contributed by atoms with Gasteiger partial charge in [-0.15, -0.1) is 0 Å². The Kier molecular flexibility index (Phi) is 5.67. The van der Waals surface area contributed by atoms with Gasteiger partial charge in [-0.2, -0.15) is 0 Å². The molecule has 0 atom stereocenters. The summed E-state index contributed by atoms with van der Waals surface area (Å²) in [6, 6.07) is 14.5. The number of halogens is 2. The predicted molar refractivity (Wildman–Crippen MR) is 118 cm³/mol.